The van der Waals surface area contributed by atoms with Gasteiger partial charge in [0.2, 0.25) is 10.0 Å². The lowest BCUT2D eigenvalue weighted by Crippen LogP contribution is -2.24. The fraction of sp³-hybridized carbons (Fsp3) is 0.300. The molecule has 0 amide bonds. The highest BCUT2D eigenvalue weighted by Gasteiger charge is 2.15. The molecule has 3 N–H and O–H groups in total. The third kappa shape index (κ3) is 3.56. The van der Waals surface area contributed by atoms with Crippen LogP contribution in [0.1, 0.15) is 11.4 Å². The summed E-state index contributed by atoms with van der Waals surface area (Å²) in [6.07, 6.45) is 0. The van der Waals surface area contributed by atoms with Gasteiger partial charge in [-0.25, -0.2) is 13.1 Å². The van der Waals surface area contributed by atoms with Crippen LogP contribution in [0.25, 0.3) is 0 Å². The van der Waals surface area contributed by atoms with Gasteiger partial charge in [-0.15, -0.1) is 10.2 Å². The Hall–Kier alpha value is -1.84. The summed E-state index contributed by atoms with van der Waals surface area (Å²) < 4.78 is 26.5. The molecule has 0 unspecified atom stereocenters. The average molecular weight is 282 g/mol. The van der Waals surface area contributed by atoms with Crippen LogP contribution >= 0.6 is 0 Å². The topological polar surface area (TPSA) is 113 Å². The van der Waals surface area contributed by atoms with Crippen molar-refractivity contribution >= 4 is 10.0 Å². The lowest BCUT2D eigenvalue weighted by molar-refractivity contribution is 0.579. The van der Waals surface area contributed by atoms with Crippen LogP contribution in [0, 0.1) is 0 Å². The average Bonchev–Trinajstić information content (AvgIpc) is 2.90. The van der Waals surface area contributed by atoms with Crippen LogP contribution in [0.3, 0.4) is 0 Å². The first-order chi connectivity index (χ1) is 9.12. The molecule has 102 valence electrons. The highest BCUT2D eigenvalue weighted by molar-refractivity contribution is 7.89. The molecule has 0 atom stereocenters. The van der Waals surface area contributed by atoms with Gasteiger partial charge in [0.1, 0.15) is 0 Å². The van der Waals surface area contributed by atoms with Crippen molar-refractivity contribution in [3.05, 3.63) is 35.7 Å². The maximum Gasteiger partial charge on any atom is 0.240 e. The minimum absolute atomic E-state index is 0.00487. The third-order valence-electron chi connectivity index (χ3n) is 2.40. The first-order valence-corrected chi connectivity index (χ1v) is 7.05. The van der Waals surface area contributed by atoms with Crippen molar-refractivity contribution in [3.63, 3.8) is 0 Å². The molecule has 0 aliphatic rings. The Morgan fingerprint density at radius 2 is 2.16 bits per heavy atom. The quantitative estimate of drug-likeness (QED) is 0.652. The number of aromatic nitrogens is 4. The van der Waals surface area contributed by atoms with E-state index in [0.717, 1.165) is 5.56 Å². The number of rotatable bonds is 6. The fourth-order valence-electron chi connectivity index (χ4n) is 1.53. The molecule has 0 saturated heterocycles. The highest BCUT2D eigenvalue weighted by Crippen LogP contribution is 2.11. The number of aromatic amines is 1. The zero-order chi connectivity index (χ0) is 13.7. The largest absolute Gasteiger partial charge is 0.316 e. The van der Waals surface area contributed by atoms with E-state index in [0.29, 0.717) is 6.54 Å². The SMILES string of the molecule is CNCc1cccc(S(=O)(=O)NCc2nn[nH]n2)c1. The number of hydrogen-bond donors (Lipinski definition) is 3. The summed E-state index contributed by atoms with van der Waals surface area (Å²) in [5, 5.41) is 15.9. The second-order valence-corrected chi connectivity index (χ2v) is 5.60. The Kier molecular flexibility index (Phi) is 4.20. The second-order valence-electron chi connectivity index (χ2n) is 3.83. The minimum Gasteiger partial charge on any atom is -0.316 e. The number of nitrogens with zero attached hydrogens (tertiary/aromatic N) is 3. The monoisotopic (exact) mass is 282 g/mol. The van der Waals surface area contributed by atoms with Gasteiger partial charge in [0.15, 0.2) is 5.82 Å². The fourth-order valence-corrected chi connectivity index (χ4v) is 2.58. The first kappa shape index (κ1) is 13.6. The molecule has 2 aromatic rings. The Morgan fingerprint density at radius 1 is 1.32 bits per heavy atom. The number of sulfonamides is 1. The predicted molar refractivity (Wildman–Crippen MR) is 67.4 cm³/mol. The van der Waals surface area contributed by atoms with Crippen molar-refractivity contribution in [2.24, 2.45) is 0 Å². The van der Waals surface area contributed by atoms with Gasteiger partial charge in [-0.3, -0.25) is 0 Å². The van der Waals surface area contributed by atoms with E-state index in [1.165, 1.54) is 6.07 Å². The van der Waals surface area contributed by atoms with Crippen molar-refractivity contribution in [1.82, 2.24) is 30.7 Å². The standard InChI is InChI=1S/C10H14N6O2S/c1-11-6-8-3-2-4-9(5-8)19(17,18)12-7-10-13-15-16-14-10/h2-5,11-12H,6-7H2,1H3,(H,13,14,15,16). The van der Waals surface area contributed by atoms with E-state index in [4.69, 9.17) is 0 Å². The summed E-state index contributed by atoms with van der Waals surface area (Å²) in [7, 11) is -1.78. The summed E-state index contributed by atoms with van der Waals surface area (Å²) in [6, 6.07) is 6.72. The van der Waals surface area contributed by atoms with E-state index in [9.17, 15) is 8.42 Å². The Balaban J connectivity index is 2.12. The smallest absolute Gasteiger partial charge is 0.240 e. The predicted octanol–water partition coefficient (Wildman–Crippen LogP) is -0.602. The number of H-pyrrole nitrogens is 1. The molecule has 0 saturated carbocycles. The maximum absolute atomic E-state index is 12.1. The summed E-state index contributed by atoms with van der Waals surface area (Å²) in [4.78, 5) is 0.212. The molecule has 1 heterocycles. The van der Waals surface area contributed by atoms with Gasteiger partial charge in [0.25, 0.3) is 0 Å². The molecule has 1 aromatic carbocycles. The van der Waals surface area contributed by atoms with Crippen molar-refractivity contribution in [2.45, 2.75) is 18.0 Å². The van der Waals surface area contributed by atoms with E-state index in [-0.39, 0.29) is 17.3 Å². The lowest BCUT2D eigenvalue weighted by Gasteiger charge is -2.07. The van der Waals surface area contributed by atoms with Crippen LogP contribution in [-0.2, 0) is 23.1 Å². The van der Waals surface area contributed by atoms with Crippen LogP contribution in [0.2, 0.25) is 0 Å². The van der Waals surface area contributed by atoms with Crippen molar-refractivity contribution in [3.8, 4) is 0 Å². The normalized spacial score (nSPS) is 11.6. The molecular weight excluding hydrogens is 268 g/mol. The van der Waals surface area contributed by atoms with Gasteiger partial charge in [-0.2, -0.15) is 5.21 Å². The molecule has 0 bridgehead atoms. The number of benzene rings is 1. The van der Waals surface area contributed by atoms with Gasteiger partial charge in [-0.1, -0.05) is 17.3 Å². The van der Waals surface area contributed by atoms with Crippen molar-refractivity contribution < 1.29 is 8.42 Å². The summed E-state index contributed by atoms with van der Waals surface area (Å²) in [6.45, 7) is 0.600. The van der Waals surface area contributed by atoms with Crippen LogP contribution in [0.5, 0.6) is 0 Å². The van der Waals surface area contributed by atoms with Gasteiger partial charge in [-0.05, 0) is 24.7 Å². The second kappa shape index (κ2) is 5.87. The van der Waals surface area contributed by atoms with Gasteiger partial charge in [0.05, 0.1) is 11.4 Å². The lowest BCUT2D eigenvalue weighted by atomic mass is 10.2. The summed E-state index contributed by atoms with van der Waals surface area (Å²) in [5.41, 5.74) is 0.893. The molecule has 0 aliphatic heterocycles. The number of tetrazole rings is 1. The minimum atomic E-state index is -3.58. The molecule has 0 aliphatic carbocycles. The number of nitrogens with one attached hydrogen (secondary N) is 3. The van der Waals surface area contributed by atoms with Crippen LogP contribution in [-0.4, -0.2) is 36.1 Å². The van der Waals surface area contributed by atoms with Crippen LogP contribution < -0.4 is 10.0 Å². The molecule has 8 nitrogen and oxygen atoms in total. The number of hydrogen-bond acceptors (Lipinski definition) is 6. The molecule has 9 heteroatoms. The van der Waals surface area contributed by atoms with Crippen molar-refractivity contribution in [2.75, 3.05) is 7.05 Å². The Morgan fingerprint density at radius 3 is 2.84 bits per heavy atom. The zero-order valence-electron chi connectivity index (χ0n) is 10.3. The Bertz CT molecular complexity index is 625. The van der Waals surface area contributed by atoms with Crippen molar-refractivity contribution in [1.29, 1.82) is 0 Å². The third-order valence-corrected chi connectivity index (χ3v) is 3.80. The molecular formula is C10H14N6O2S. The molecule has 2 rings (SSSR count). The zero-order valence-corrected chi connectivity index (χ0v) is 11.1. The van der Waals surface area contributed by atoms with Gasteiger partial charge in [0, 0.05) is 6.54 Å². The Labute approximate surface area is 110 Å². The van der Waals surface area contributed by atoms with E-state index in [1.807, 2.05) is 6.07 Å². The van der Waals surface area contributed by atoms with Gasteiger partial charge < -0.3 is 5.32 Å². The van der Waals surface area contributed by atoms with E-state index in [1.54, 1.807) is 19.2 Å². The van der Waals surface area contributed by atoms with E-state index < -0.39 is 10.0 Å². The molecule has 0 radical (unpaired) electrons. The summed E-state index contributed by atoms with van der Waals surface area (Å²) >= 11 is 0. The molecule has 19 heavy (non-hydrogen) atoms. The summed E-state index contributed by atoms with van der Waals surface area (Å²) in [5.74, 6) is 0.287. The van der Waals surface area contributed by atoms with E-state index in [2.05, 4.69) is 30.7 Å². The van der Waals surface area contributed by atoms with E-state index >= 15 is 0 Å². The van der Waals surface area contributed by atoms with Crippen LogP contribution in [0.4, 0.5) is 0 Å². The molecule has 0 spiro atoms. The maximum atomic E-state index is 12.1. The molecule has 1 aromatic heterocycles. The van der Waals surface area contributed by atoms with Gasteiger partial charge >= 0.3 is 0 Å². The first-order valence-electron chi connectivity index (χ1n) is 5.57. The highest BCUT2D eigenvalue weighted by atomic mass is 32.2. The van der Waals surface area contributed by atoms with Crippen LogP contribution in [0.15, 0.2) is 29.2 Å². The molecule has 0 fully saturated rings.